The van der Waals surface area contributed by atoms with E-state index in [1.807, 2.05) is 0 Å². The molecule has 0 saturated heterocycles. The summed E-state index contributed by atoms with van der Waals surface area (Å²) in [6.45, 7) is 5.33. The second-order valence-corrected chi connectivity index (χ2v) is 9.01. The van der Waals surface area contributed by atoms with Crippen molar-refractivity contribution >= 4 is 20.0 Å². The summed E-state index contributed by atoms with van der Waals surface area (Å²) in [5.41, 5.74) is -9.80. The Kier molecular flexibility index (Phi) is 8.07. The molecule has 0 radical (unpaired) electrons. The number of imidazole rings is 1. The maximum atomic E-state index is 11.4. The molecule has 0 aliphatic rings. The highest BCUT2D eigenvalue weighted by Gasteiger charge is 2.46. The van der Waals surface area contributed by atoms with Crippen LogP contribution >= 0.6 is 0 Å². The van der Waals surface area contributed by atoms with Crippen LogP contribution in [0.5, 0.6) is 0 Å². The number of sulfonamides is 2. The fourth-order valence-electron chi connectivity index (χ4n) is 1.85. The van der Waals surface area contributed by atoms with Gasteiger partial charge in [-0.1, -0.05) is 19.1 Å². The van der Waals surface area contributed by atoms with Crippen molar-refractivity contribution in [1.29, 1.82) is 0 Å². The predicted molar refractivity (Wildman–Crippen MR) is 94.3 cm³/mol. The summed E-state index contributed by atoms with van der Waals surface area (Å²) in [5, 5.41) is 0. The van der Waals surface area contributed by atoms with E-state index in [0.29, 0.717) is 0 Å². The van der Waals surface area contributed by atoms with Crippen molar-refractivity contribution < 1.29 is 47.7 Å². The van der Waals surface area contributed by atoms with Gasteiger partial charge in [0.1, 0.15) is 18.1 Å². The zero-order valence-electron chi connectivity index (χ0n) is 15.5. The van der Waals surface area contributed by atoms with E-state index in [2.05, 4.69) is 66.0 Å². The smallest absolute Gasteiger partial charge is 0.421 e. The van der Waals surface area contributed by atoms with Crippen LogP contribution in [0.4, 0.5) is 26.3 Å². The molecule has 1 aromatic carbocycles. The molecule has 0 aliphatic carbocycles. The number of hydrogen-bond donors (Lipinski definition) is 0. The van der Waals surface area contributed by atoms with E-state index in [1.54, 1.807) is 0 Å². The van der Waals surface area contributed by atoms with Crippen LogP contribution in [0.2, 0.25) is 0 Å². The molecule has 0 spiro atoms. The second-order valence-electron chi connectivity index (χ2n) is 5.59. The molecule has 1 aromatic heterocycles. The number of aromatic nitrogens is 2. The van der Waals surface area contributed by atoms with Gasteiger partial charge in [-0.05, 0) is 31.0 Å². The van der Waals surface area contributed by atoms with E-state index in [0.717, 1.165) is 17.1 Å². The maximum Gasteiger partial charge on any atom is 0.480 e. The zero-order valence-corrected chi connectivity index (χ0v) is 17.1. The molecule has 7 nitrogen and oxygen atoms in total. The highest BCUT2D eigenvalue weighted by atomic mass is 32.3. The van der Waals surface area contributed by atoms with Crippen molar-refractivity contribution in [2.75, 3.05) is 0 Å². The van der Waals surface area contributed by atoms with Crippen molar-refractivity contribution in [2.24, 2.45) is 0 Å². The Morgan fingerprint density at radius 1 is 0.900 bits per heavy atom. The topological polar surface area (TPSA) is 91.2 Å². The summed E-state index contributed by atoms with van der Waals surface area (Å²) in [5.74, 6) is 0. The molecule has 0 saturated carbocycles. The van der Waals surface area contributed by atoms with E-state index >= 15 is 0 Å². The average molecular weight is 481 g/mol. The van der Waals surface area contributed by atoms with E-state index < -0.39 is 31.1 Å². The minimum Gasteiger partial charge on any atom is -0.421 e. The van der Waals surface area contributed by atoms with Crippen LogP contribution in [0.1, 0.15) is 19.4 Å². The first-order valence-electron chi connectivity index (χ1n) is 8.07. The van der Waals surface area contributed by atoms with Crippen LogP contribution in [0, 0.1) is 0 Å². The summed E-state index contributed by atoms with van der Waals surface area (Å²) in [7, 11) is -13.4. The molecule has 0 atom stereocenters. The summed E-state index contributed by atoms with van der Waals surface area (Å²) >= 11 is 0. The highest BCUT2D eigenvalue weighted by Crippen LogP contribution is 2.36. The number of nitrogens with zero attached hydrogens (tertiary/aromatic N) is 3. The molecule has 30 heavy (non-hydrogen) atoms. The molecule has 0 bridgehead atoms. The van der Waals surface area contributed by atoms with Gasteiger partial charge >= 0.3 is 11.0 Å². The normalized spacial score (nSPS) is 12.9. The monoisotopic (exact) mass is 481 g/mol. The molecule has 2 aromatic rings. The van der Waals surface area contributed by atoms with Crippen LogP contribution in [-0.4, -0.2) is 32.4 Å². The standard InChI is InChI=1S/C13H17N2.C2F6NO4S2/c1-3-12-5-7-13(8-6-12)15-10-9-14(4-2)11-15;3-1(4,5)14(10,11)9-15(12,13)2(6,7)8/h5-11H,3-4H2,1-2H3;/q+1;-1. The first kappa shape index (κ1) is 25.9. The van der Waals surface area contributed by atoms with Crippen molar-refractivity contribution in [1.82, 2.24) is 4.57 Å². The van der Waals surface area contributed by atoms with Crippen LogP contribution in [0.25, 0.3) is 9.81 Å². The minimum absolute atomic E-state index is 0.778. The summed E-state index contributed by atoms with van der Waals surface area (Å²) in [4.78, 5) is 0. The van der Waals surface area contributed by atoms with Gasteiger partial charge in [0, 0.05) is 0 Å². The van der Waals surface area contributed by atoms with Crippen molar-refractivity contribution in [3.63, 3.8) is 0 Å². The van der Waals surface area contributed by atoms with Crippen LogP contribution in [-0.2, 0) is 33.0 Å². The lowest BCUT2D eigenvalue weighted by atomic mass is 10.1. The molecule has 1 heterocycles. The third kappa shape index (κ3) is 6.70. The van der Waals surface area contributed by atoms with Gasteiger partial charge < -0.3 is 4.13 Å². The van der Waals surface area contributed by atoms with Gasteiger partial charge in [-0.15, -0.1) is 0 Å². The molecular weight excluding hydrogens is 464 g/mol. The molecule has 0 fully saturated rings. The summed E-state index contributed by atoms with van der Waals surface area (Å²) in [6, 6.07) is 8.70. The molecule has 0 amide bonds. The van der Waals surface area contributed by atoms with E-state index in [1.165, 1.54) is 11.3 Å². The van der Waals surface area contributed by atoms with E-state index in [4.69, 9.17) is 0 Å². The lowest BCUT2D eigenvalue weighted by Crippen LogP contribution is -2.30. The highest BCUT2D eigenvalue weighted by molar-refractivity contribution is 8.13. The van der Waals surface area contributed by atoms with Crippen molar-refractivity contribution in [3.05, 3.63) is 52.7 Å². The second kappa shape index (κ2) is 9.34. The largest absolute Gasteiger partial charge is 0.480 e. The van der Waals surface area contributed by atoms with Gasteiger partial charge in [0.15, 0.2) is 20.0 Å². The van der Waals surface area contributed by atoms with Crippen molar-refractivity contribution in [3.8, 4) is 5.69 Å². The molecule has 15 heteroatoms. The van der Waals surface area contributed by atoms with Gasteiger partial charge in [-0.3, -0.25) is 0 Å². The molecule has 170 valence electrons. The van der Waals surface area contributed by atoms with E-state index in [-0.39, 0.29) is 0 Å². The molecule has 0 unspecified atom stereocenters. The van der Waals surface area contributed by atoms with Gasteiger partial charge in [0.25, 0.3) is 0 Å². The first-order chi connectivity index (χ1) is 13.5. The van der Waals surface area contributed by atoms with Crippen LogP contribution in [0.15, 0.2) is 43.0 Å². The summed E-state index contributed by atoms with van der Waals surface area (Å²) < 4.78 is 113. The fourth-order valence-corrected chi connectivity index (χ4v) is 3.56. The van der Waals surface area contributed by atoms with Crippen LogP contribution in [0.3, 0.4) is 0 Å². The lowest BCUT2D eigenvalue weighted by molar-refractivity contribution is -0.692. The van der Waals surface area contributed by atoms with Gasteiger partial charge in [-0.2, -0.15) is 26.3 Å². The number of benzene rings is 1. The SMILES string of the molecule is CCc1ccc(-n2cc[n+](CC)c2)cc1.O=S(=O)([N-]S(=O)(=O)C(F)(F)F)C(F)(F)F. The predicted octanol–water partition coefficient (Wildman–Crippen LogP) is 3.41. The quantitative estimate of drug-likeness (QED) is 0.484. The fraction of sp³-hybridized carbons (Fsp3) is 0.400. The van der Waals surface area contributed by atoms with Crippen LogP contribution < -0.4 is 4.57 Å². The lowest BCUT2D eigenvalue weighted by Gasteiger charge is -2.22. The number of aryl methyl sites for hydroxylation is 2. The Bertz CT molecular complexity index is 1000. The maximum absolute atomic E-state index is 11.4. The van der Waals surface area contributed by atoms with Crippen molar-refractivity contribution in [2.45, 2.75) is 37.8 Å². The Morgan fingerprint density at radius 2 is 1.37 bits per heavy atom. The van der Waals surface area contributed by atoms with Gasteiger partial charge in [0.2, 0.25) is 6.33 Å². The number of alkyl halides is 6. The molecule has 2 rings (SSSR count). The Morgan fingerprint density at radius 3 is 1.70 bits per heavy atom. The van der Waals surface area contributed by atoms with E-state index in [9.17, 15) is 43.2 Å². The number of hydrogen-bond acceptors (Lipinski definition) is 4. The summed E-state index contributed by atoms with van der Waals surface area (Å²) in [6.07, 6.45) is 7.39. The van der Waals surface area contributed by atoms with Gasteiger partial charge in [-0.25, -0.2) is 26.0 Å². The number of halogens is 6. The molecule has 0 N–H and O–H groups in total. The average Bonchev–Trinajstić information content (AvgIpc) is 3.09. The van der Waals surface area contributed by atoms with Gasteiger partial charge in [0.05, 0.1) is 6.54 Å². The Balaban J connectivity index is 0.000000300. The molecule has 0 aliphatic heterocycles. The minimum atomic E-state index is -6.72. The first-order valence-corrected chi connectivity index (χ1v) is 10.9. The Hall–Kier alpha value is -2.13. The third-order valence-electron chi connectivity index (χ3n) is 3.48. The zero-order chi connectivity index (χ0) is 23.4. The number of rotatable bonds is 5. The molecular formula is C15H17F6N3O4S2. The Labute approximate surface area is 169 Å². The third-order valence-corrected chi connectivity index (χ3v) is 6.22.